The van der Waals surface area contributed by atoms with Gasteiger partial charge in [0, 0.05) is 25.3 Å². The minimum atomic E-state index is 0.558. The van der Waals surface area contributed by atoms with Gasteiger partial charge in [-0.1, -0.05) is 33.8 Å². The molecule has 0 aromatic carbocycles. The van der Waals surface area contributed by atoms with Gasteiger partial charge < -0.3 is 10.6 Å². The maximum Gasteiger partial charge on any atom is 0.128 e. The van der Waals surface area contributed by atoms with Gasteiger partial charge in [0.05, 0.1) is 0 Å². The summed E-state index contributed by atoms with van der Waals surface area (Å²) in [6, 6.07) is 4.75. The molecule has 3 nitrogen and oxygen atoms in total. The van der Waals surface area contributed by atoms with E-state index in [1.807, 2.05) is 6.20 Å². The van der Waals surface area contributed by atoms with Crippen LogP contribution in [0.25, 0.3) is 0 Å². The van der Waals surface area contributed by atoms with Crippen molar-refractivity contribution in [2.45, 2.75) is 53.1 Å². The van der Waals surface area contributed by atoms with E-state index in [0.29, 0.717) is 18.5 Å². The zero-order chi connectivity index (χ0) is 13.5. The molecular formula is C15H27N3. The van der Waals surface area contributed by atoms with Crippen LogP contribution in [-0.4, -0.2) is 17.6 Å². The van der Waals surface area contributed by atoms with Gasteiger partial charge in [0.15, 0.2) is 0 Å². The molecule has 0 amide bonds. The Balaban J connectivity index is 2.92. The Morgan fingerprint density at radius 1 is 1.22 bits per heavy atom. The summed E-state index contributed by atoms with van der Waals surface area (Å²) in [5.41, 5.74) is 6.71. The number of aromatic nitrogens is 1. The topological polar surface area (TPSA) is 42.1 Å². The van der Waals surface area contributed by atoms with Crippen LogP contribution < -0.4 is 10.6 Å². The van der Waals surface area contributed by atoms with Gasteiger partial charge in [-0.15, -0.1) is 0 Å². The summed E-state index contributed by atoms with van der Waals surface area (Å²) in [6.07, 6.45) is 4.21. The van der Waals surface area contributed by atoms with Crippen LogP contribution in [-0.2, 0) is 6.54 Å². The quantitative estimate of drug-likeness (QED) is 0.807. The Morgan fingerprint density at radius 2 is 1.89 bits per heavy atom. The SMILES string of the molecule is CCC(CC)N(CC(C)C)c1ccc(CN)cn1. The zero-order valence-corrected chi connectivity index (χ0v) is 12.2. The van der Waals surface area contributed by atoms with Crippen molar-refractivity contribution in [3.63, 3.8) is 0 Å². The molecule has 1 rings (SSSR count). The first kappa shape index (κ1) is 15.0. The molecule has 0 aliphatic rings. The van der Waals surface area contributed by atoms with Crippen LogP contribution in [0, 0.1) is 5.92 Å². The van der Waals surface area contributed by atoms with E-state index in [1.165, 1.54) is 0 Å². The van der Waals surface area contributed by atoms with Gasteiger partial charge in [-0.3, -0.25) is 0 Å². The van der Waals surface area contributed by atoms with Gasteiger partial charge in [-0.05, 0) is 30.4 Å². The van der Waals surface area contributed by atoms with Gasteiger partial charge in [-0.2, -0.15) is 0 Å². The minimum absolute atomic E-state index is 0.558. The molecule has 0 bridgehead atoms. The summed E-state index contributed by atoms with van der Waals surface area (Å²) in [7, 11) is 0. The smallest absolute Gasteiger partial charge is 0.128 e. The highest BCUT2D eigenvalue weighted by Gasteiger charge is 2.17. The molecule has 102 valence electrons. The number of hydrogen-bond acceptors (Lipinski definition) is 3. The highest BCUT2D eigenvalue weighted by Crippen LogP contribution is 2.20. The van der Waals surface area contributed by atoms with E-state index in [-0.39, 0.29) is 0 Å². The van der Waals surface area contributed by atoms with Crippen LogP contribution in [0.1, 0.15) is 46.1 Å². The van der Waals surface area contributed by atoms with E-state index >= 15 is 0 Å². The fraction of sp³-hybridized carbons (Fsp3) is 0.667. The molecule has 1 heterocycles. The van der Waals surface area contributed by atoms with Gasteiger partial charge in [0.25, 0.3) is 0 Å². The van der Waals surface area contributed by atoms with Crippen molar-refractivity contribution < 1.29 is 0 Å². The highest BCUT2D eigenvalue weighted by atomic mass is 15.2. The first-order chi connectivity index (χ1) is 8.62. The third-order valence-corrected chi connectivity index (χ3v) is 3.28. The number of rotatable bonds is 7. The zero-order valence-electron chi connectivity index (χ0n) is 12.2. The molecule has 0 saturated heterocycles. The van der Waals surface area contributed by atoms with E-state index in [9.17, 15) is 0 Å². The van der Waals surface area contributed by atoms with Gasteiger partial charge in [-0.25, -0.2) is 4.98 Å². The molecule has 1 aromatic rings. The monoisotopic (exact) mass is 249 g/mol. The lowest BCUT2D eigenvalue weighted by Gasteiger charge is -2.33. The van der Waals surface area contributed by atoms with Crippen LogP contribution in [0.15, 0.2) is 18.3 Å². The van der Waals surface area contributed by atoms with E-state index < -0.39 is 0 Å². The average Bonchev–Trinajstić information content (AvgIpc) is 2.38. The third-order valence-electron chi connectivity index (χ3n) is 3.28. The Morgan fingerprint density at radius 3 is 2.28 bits per heavy atom. The Kier molecular flexibility index (Phi) is 6.13. The standard InChI is InChI=1S/C15H27N3/c1-5-14(6-2)18(11-12(3)4)15-8-7-13(9-16)10-17-15/h7-8,10,12,14H,5-6,9,11,16H2,1-4H3. The van der Waals surface area contributed by atoms with Crippen molar-refractivity contribution in [3.8, 4) is 0 Å². The van der Waals surface area contributed by atoms with Crippen molar-refractivity contribution in [2.75, 3.05) is 11.4 Å². The van der Waals surface area contributed by atoms with Crippen LogP contribution >= 0.6 is 0 Å². The summed E-state index contributed by atoms with van der Waals surface area (Å²) in [5, 5.41) is 0. The fourth-order valence-corrected chi connectivity index (χ4v) is 2.26. The molecule has 0 radical (unpaired) electrons. The molecule has 0 aliphatic heterocycles. The second-order valence-corrected chi connectivity index (χ2v) is 5.25. The lowest BCUT2D eigenvalue weighted by atomic mass is 10.1. The minimum Gasteiger partial charge on any atom is -0.353 e. The van der Waals surface area contributed by atoms with Gasteiger partial charge in [0.1, 0.15) is 5.82 Å². The average molecular weight is 249 g/mol. The normalized spacial score (nSPS) is 11.3. The van der Waals surface area contributed by atoms with Crippen LogP contribution in [0.5, 0.6) is 0 Å². The lowest BCUT2D eigenvalue weighted by Crippen LogP contribution is -2.38. The summed E-state index contributed by atoms with van der Waals surface area (Å²) in [5.74, 6) is 1.72. The van der Waals surface area contributed by atoms with Gasteiger partial charge in [0.2, 0.25) is 0 Å². The largest absolute Gasteiger partial charge is 0.353 e. The van der Waals surface area contributed by atoms with Crippen molar-refractivity contribution in [1.82, 2.24) is 4.98 Å². The van der Waals surface area contributed by atoms with E-state index in [2.05, 4.69) is 49.7 Å². The Labute approximate surface area is 111 Å². The number of nitrogens with zero attached hydrogens (tertiary/aromatic N) is 2. The summed E-state index contributed by atoms with van der Waals surface area (Å²) < 4.78 is 0. The number of pyridine rings is 1. The molecule has 3 heteroatoms. The first-order valence-electron chi connectivity index (χ1n) is 7.03. The van der Waals surface area contributed by atoms with Crippen molar-refractivity contribution in [3.05, 3.63) is 23.9 Å². The van der Waals surface area contributed by atoms with E-state index in [0.717, 1.165) is 30.8 Å². The number of hydrogen-bond donors (Lipinski definition) is 1. The number of anilines is 1. The predicted octanol–water partition coefficient (Wildman–Crippen LogP) is 3.19. The molecule has 0 fully saturated rings. The fourth-order valence-electron chi connectivity index (χ4n) is 2.26. The third kappa shape index (κ3) is 3.98. The van der Waals surface area contributed by atoms with Crippen molar-refractivity contribution >= 4 is 5.82 Å². The predicted molar refractivity (Wildman–Crippen MR) is 78.7 cm³/mol. The van der Waals surface area contributed by atoms with Crippen LogP contribution in [0.3, 0.4) is 0 Å². The maximum absolute atomic E-state index is 5.62. The van der Waals surface area contributed by atoms with E-state index in [4.69, 9.17) is 5.73 Å². The van der Waals surface area contributed by atoms with Crippen LogP contribution in [0.4, 0.5) is 5.82 Å². The molecule has 0 saturated carbocycles. The molecule has 0 unspecified atom stereocenters. The van der Waals surface area contributed by atoms with Gasteiger partial charge >= 0.3 is 0 Å². The maximum atomic E-state index is 5.62. The second kappa shape index (κ2) is 7.37. The lowest BCUT2D eigenvalue weighted by molar-refractivity contribution is 0.503. The first-order valence-corrected chi connectivity index (χ1v) is 7.03. The molecule has 0 spiro atoms. The molecule has 0 aliphatic carbocycles. The van der Waals surface area contributed by atoms with Crippen LogP contribution in [0.2, 0.25) is 0 Å². The Hall–Kier alpha value is -1.09. The van der Waals surface area contributed by atoms with Crippen molar-refractivity contribution in [2.24, 2.45) is 11.7 Å². The Bertz CT molecular complexity index is 328. The molecule has 18 heavy (non-hydrogen) atoms. The van der Waals surface area contributed by atoms with Crippen molar-refractivity contribution in [1.29, 1.82) is 0 Å². The summed E-state index contributed by atoms with van der Waals surface area (Å²) >= 11 is 0. The number of nitrogens with two attached hydrogens (primary N) is 1. The summed E-state index contributed by atoms with van der Waals surface area (Å²) in [6.45, 7) is 10.6. The second-order valence-electron chi connectivity index (χ2n) is 5.25. The molecule has 2 N–H and O–H groups in total. The molecule has 1 aromatic heterocycles. The highest BCUT2D eigenvalue weighted by molar-refractivity contribution is 5.40. The molecule has 0 atom stereocenters. The molecular weight excluding hydrogens is 222 g/mol. The summed E-state index contributed by atoms with van der Waals surface area (Å²) in [4.78, 5) is 7.00. The van der Waals surface area contributed by atoms with E-state index in [1.54, 1.807) is 0 Å².